The fourth-order valence-corrected chi connectivity index (χ4v) is 1.88. The third-order valence-electron chi connectivity index (χ3n) is 2.63. The molecule has 0 aliphatic carbocycles. The Balaban J connectivity index is 1.88. The predicted molar refractivity (Wildman–Crippen MR) is 67.3 cm³/mol. The molecule has 4 nitrogen and oxygen atoms in total. The van der Waals surface area contributed by atoms with Crippen molar-refractivity contribution in [3.63, 3.8) is 0 Å². The number of carbonyl (C=O) groups is 1. The van der Waals surface area contributed by atoms with Crippen LogP contribution in [0.15, 0.2) is 18.2 Å². The third-order valence-corrected chi connectivity index (χ3v) is 2.94. The first kappa shape index (κ1) is 13.3. The maximum Gasteiger partial charge on any atom is 0.226 e. The molecule has 0 spiro atoms. The van der Waals surface area contributed by atoms with Gasteiger partial charge in [0.05, 0.1) is 18.2 Å². The van der Waals surface area contributed by atoms with E-state index in [0.717, 1.165) is 6.54 Å². The van der Waals surface area contributed by atoms with Gasteiger partial charge in [0.1, 0.15) is 5.82 Å². The molecule has 2 rings (SSSR count). The molecule has 18 heavy (non-hydrogen) atoms. The molecule has 6 heteroatoms. The van der Waals surface area contributed by atoms with E-state index in [0.29, 0.717) is 25.3 Å². The molecule has 98 valence electrons. The highest BCUT2D eigenvalue weighted by Crippen LogP contribution is 2.18. The minimum Gasteiger partial charge on any atom is -0.378 e. The number of anilines is 1. The molecule has 1 heterocycles. The molecule has 0 bridgehead atoms. The lowest BCUT2D eigenvalue weighted by atomic mass is 10.2. The lowest BCUT2D eigenvalue weighted by Crippen LogP contribution is -2.43. The fraction of sp³-hybridized carbons (Fsp3) is 0.417. The van der Waals surface area contributed by atoms with Gasteiger partial charge in [-0.2, -0.15) is 0 Å². The Bertz CT molecular complexity index is 436. The fourth-order valence-electron chi connectivity index (χ4n) is 1.76. The SMILES string of the molecule is O=C(CC1COCCN1)Nc1ccc(Cl)c(F)c1. The van der Waals surface area contributed by atoms with Gasteiger partial charge in [-0.3, -0.25) is 4.79 Å². The summed E-state index contributed by atoms with van der Waals surface area (Å²) in [7, 11) is 0. The van der Waals surface area contributed by atoms with Gasteiger partial charge >= 0.3 is 0 Å². The Labute approximate surface area is 109 Å². The van der Waals surface area contributed by atoms with E-state index in [1.807, 2.05) is 0 Å². The molecule has 1 aromatic rings. The number of ether oxygens (including phenoxy) is 1. The number of hydrogen-bond donors (Lipinski definition) is 2. The molecule has 1 saturated heterocycles. The summed E-state index contributed by atoms with van der Waals surface area (Å²) in [5.74, 6) is -0.728. The number of morpholine rings is 1. The summed E-state index contributed by atoms with van der Waals surface area (Å²) in [6.07, 6.45) is 0.296. The summed E-state index contributed by atoms with van der Waals surface area (Å²) in [5, 5.41) is 5.84. The van der Waals surface area contributed by atoms with Gasteiger partial charge in [0, 0.05) is 24.7 Å². The number of carbonyl (C=O) groups excluding carboxylic acids is 1. The van der Waals surface area contributed by atoms with Crippen molar-refractivity contribution < 1.29 is 13.9 Å². The molecule has 1 unspecified atom stereocenters. The molecule has 0 saturated carbocycles. The van der Waals surface area contributed by atoms with Crippen LogP contribution in [-0.4, -0.2) is 31.7 Å². The number of amides is 1. The number of hydrogen-bond acceptors (Lipinski definition) is 3. The van der Waals surface area contributed by atoms with E-state index in [4.69, 9.17) is 16.3 Å². The monoisotopic (exact) mass is 272 g/mol. The minimum atomic E-state index is -0.548. The Hall–Kier alpha value is -1.17. The van der Waals surface area contributed by atoms with Crippen molar-refractivity contribution in [2.24, 2.45) is 0 Å². The lowest BCUT2D eigenvalue weighted by molar-refractivity contribution is -0.117. The van der Waals surface area contributed by atoms with E-state index < -0.39 is 5.82 Å². The molecule has 1 atom stereocenters. The van der Waals surface area contributed by atoms with E-state index in [2.05, 4.69) is 10.6 Å². The minimum absolute atomic E-state index is 0.0101. The zero-order valence-corrected chi connectivity index (χ0v) is 10.5. The number of nitrogens with one attached hydrogen (secondary N) is 2. The highest BCUT2D eigenvalue weighted by Gasteiger charge is 2.17. The Morgan fingerprint density at radius 3 is 3.11 bits per heavy atom. The quantitative estimate of drug-likeness (QED) is 0.882. The zero-order valence-electron chi connectivity index (χ0n) is 9.71. The summed E-state index contributed by atoms with van der Waals surface area (Å²) < 4.78 is 18.4. The lowest BCUT2D eigenvalue weighted by Gasteiger charge is -2.23. The summed E-state index contributed by atoms with van der Waals surface area (Å²) >= 11 is 5.56. The Morgan fingerprint density at radius 2 is 2.44 bits per heavy atom. The normalized spacial score (nSPS) is 19.6. The van der Waals surface area contributed by atoms with Crippen LogP contribution in [0.4, 0.5) is 10.1 Å². The second-order valence-corrected chi connectivity index (χ2v) is 4.51. The average Bonchev–Trinajstić information content (AvgIpc) is 2.35. The first-order valence-electron chi connectivity index (χ1n) is 5.71. The van der Waals surface area contributed by atoms with Crippen molar-refractivity contribution >= 4 is 23.2 Å². The van der Waals surface area contributed by atoms with Crippen LogP contribution in [0.5, 0.6) is 0 Å². The topological polar surface area (TPSA) is 50.4 Å². The Morgan fingerprint density at radius 1 is 1.61 bits per heavy atom. The highest BCUT2D eigenvalue weighted by molar-refractivity contribution is 6.30. The standard InChI is InChI=1S/C12H14ClFN2O2/c13-10-2-1-8(5-11(10)14)16-12(17)6-9-7-18-4-3-15-9/h1-2,5,9,15H,3-4,6-7H2,(H,16,17). The molecule has 1 aromatic carbocycles. The summed E-state index contributed by atoms with van der Waals surface area (Å²) in [4.78, 5) is 11.7. The first-order valence-corrected chi connectivity index (χ1v) is 6.09. The number of benzene rings is 1. The molecule has 1 aliphatic rings. The summed E-state index contributed by atoms with van der Waals surface area (Å²) in [5.41, 5.74) is 0.402. The van der Waals surface area contributed by atoms with E-state index in [9.17, 15) is 9.18 Å². The van der Waals surface area contributed by atoms with Gasteiger partial charge in [-0.15, -0.1) is 0 Å². The van der Waals surface area contributed by atoms with Gasteiger partial charge < -0.3 is 15.4 Å². The van der Waals surface area contributed by atoms with E-state index in [-0.39, 0.29) is 17.0 Å². The summed E-state index contributed by atoms with van der Waals surface area (Å²) in [6, 6.07) is 4.18. The van der Waals surface area contributed by atoms with E-state index in [1.54, 1.807) is 6.07 Å². The second kappa shape index (κ2) is 6.13. The van der Waals surface area contributed by atoms with E-state index >= 15 is 0 Å². The van der Waals surface area contributed by atoms with Crippen LogP contribution in [0.1, 0.15) is 6.42 Å². The molecule has 0 radical (unpaired) electrons. The first-order chi connectivity index (χ1) is 8.65. The molecule has 1 fully saturated rings. The van der Waals surface area contributed by atoms with Gasteiger partial charge in [0.2, 0.25) is 5.91 Å². The van der Waals surface area contributed by atoms with Crippen molar-refractivity contribution in [2.75, 3.05) is 25.1 Å². The third kappa shape index (κ3) is 3.66. The zero-order chi connectivity index (χ0) is 13.0. The maximum atomic E-state index is 13.2. The highest BCUT2D eigenvalue weighted by atomic mass is 35.5. The van der Waals surface area contributed by atoms with Crippen molar-refractivity contribution in [1.82, 2.24) is 5.32 Å². The van der Waals surface area contributed by atoms with Gasteiger partial charge in [0.15, 0.2) is 0 Å². The largest absolute Gasteiger partial charge is 0.378 e. The molecule has 2 N–H and O–H groups in total. The predicted octanol–water partition coefficient (Wildman–Crippen LogP) is 1.80. The molecule has 1 aliphatic heterocycles. The average molecular weight is 273 g/mol. The van der Waals surface area contributed by atoms with Gasteiger partial charge in [-0.05, 0) is 18.2 Å². The number of rotatable bonds is 3. The molecule has 1 amide bonds. The summed E-state index contributed by atoms with van der Waals surface area (Å²) in [6.45, 7) is 1.93. The van der Waals surface area contributed by atoms with Gasteiger partial charge in [-0.1, -0.05) is 11.6 Å². The van der Waals surface area contributed by atoms with Crippen LogP contribution >= 0.6 is 11.6 Å². The van der Waals surface area contributed by atoms with Crippen molar-refractivity contribution in [2.45, 2.75) is 12.5 Å². The second-order valence-electron chi connectivity index (χ2n) is 4.11. The Kier molecular flexibility index (Phi) is 4.52. The van der Waals surface area contributed by atoms with Crippen LogP contribution in [0.25, 0.3) is 0 Å². The van der Waals surface area contributed by atoms with Crippen molar-refractivity contribution in [3.8, 4) is 0 Å². The van der Waals surface area contributed by atoms with E-state index in [1.165, 1.54) is 12.1 Å². The van der Waals surface area contributed by atoms with Gasteiger partial charge in [0.25, 0.3) is 0 Å². The molecule has 0 aromatic heterocycles. The number of halogens is 2. The smallest absolute Gasteiger partial charge is 0.226 e. The van der Waals surface area contributed by atoms with Crippen molar-refractivity contribution in [3.05, 3.63) is 29.0 Å². The maximum absolute atomic E-state index is 13.2. The van der Waals surface area contributed by atoms with Crippen LogP contribution in [-0.2, 0) is 9.53 Å². The molecular formula is C12H14ClFN2O2. The van der Waals surface area contributed by atoms with Gasteiger partial charge in [-0.25, -0.2) is 4.39 Å². The molecular weight excluding hydrogens is 259 g/mol. The van der Waals surface area contributed by atoms with Crippen LogP contribution in [0, 0.1) is 5.82 Å². The van der Waals surface area contributed by atoms with Crippen LogP contribution in [0.3, 0.4) is 0 Å². The van der Waals surface area contributed by atoms with Crippen LogP contribution < -0.4 is 10.6 Å². The van der Waals surface area contributed by atoms with Crippen molar-refractivity contribution in [1.29, 1.82) is 0 Å². The van der Waals surface area contributed by atoms with Crippen LogP contribution in [0.2, 0.25) is 5.02 Å².